The molecule has 0 atom stereocenters. The van der Waals surface area contributed by atoms with E-state index in [0.717, 1.165) is 44.7 Å². The van der Waals surface area contributed by atoms with E-state index in [9.17, 15) is 0 Å². The topological polar surface area (TPSA) is 35.6 Å². The molecule has 2 aliphatic rings. The van der Waals surface area contributed by atoms with E-state index in [4.69, 9.17) is 9.97 Å². The summed E-state index contributed by atoms with van der Waals surface area (Å²) in [7, 11) is 0. The van der Waals surface area contributed by atoms with Crippen LogP contribution in [-0.4, -0.2) is 19.1 Å². The third-order valence-electron chi connectivity index (χ3n) is 8.32. The molecule has 0 unspecified atom stereocenters. The van der Waals surface area contributed by atoms with Crippen LogP contribution >= 0.6 is 0 Å². The SMILES string of the molecule is c1ccc(-c2ccc3c(c2)c2ccccc2n3-c2ccc3c(c2)cc2c4ncccc4nc-2n3-c2ccccc2)cc1. The number of para-hydroxylation sites is 2. The van der Waals surface area contributed by atoms with Crippen LogP contribution in [0.15, 0.2) is 146 Å². The Morgan fingerprint density at radius 1 is 0.476 bits per heavy atom. The first kappa shape index (κ1) is 23.0. The van der Waals surface area contributed by atoms with Gasteiger partial charge in [-0.05, 0) is 77.9 Å². The van der Waals surface area contributed by atoms with Crippen molar-refractivity contribution in [2.75, 3.05) is 0 Å². The molecule has 0 N–H and O–H groups in total. The Morgan fingerprint density at radius 2 is 1.24 bits per heavy atom. The van der Waals surface area contributed by atoms with Gasteiger partial charge in [0.05, 0.1) is 27.6 Å². The van der Waals surface area contributed by atoms with Crippen molar-refractivity contribution in [2.45, 2.75) is 0 Å². The fraction of sp³-hybridized carbons (Fsp3) is 0. The Hall–Kier alpha value is -5.74. The molecule has 5 aromatic carbocycles. The van der Waals surface area contributed by atoms with E-state index in [2.05, 4.69) is 130 Å². The van der Waals surface area contributed by atoms with Crippen LogP contribution in [0.5, 0.6) is 0 Å². The molecular formula is C38H24N4. The smallest absolute Gasteiger partial charge is 0.147 e. The first-order chi connectivity index (χ1) is 20.8. The average molecular weight is 537 g/mol. The van der Waals surface area contributed by atoms with Crippen LogP contribution in [0.25, 0.3) is 77.6 Å². The van der Waals surface area contributed by atoms with Crippen molar-refractivity contribution in [3.63, 3.8) is 0 Å². The van der Waals surface area contributed by atoms with E-state index in [-0.39, 0.29) is 0 Å². The van der Waals surface area contributed by atoms with Crippen molar-refractivity contribution in [3.8, 4) is 33.9 Å². The molecule has 2 aliphatic heterocycles. The molecule has 4 heteroatoms. The summed E-state index contributed by atoms with van der Waals surface area (Å²) in [4.78, 5) is 9.74. The number of pyridine rings is 2. The van der Waals surface area contributed by atoms with E-state index in [1.54, 1.807) is 0 Å². The Labute approximate surface area is 242 Å². The van der Waals surface area contributed by atoms with Gasteiger partial charge in [0.15, 0.2) is 0 Å². The summed E-state index contributed by atoms with van der Waals surface area (Å²) >= 11 is 0. The van der Waals surface area contributed by atoms with Crippen molar-refractivity contribution < 1.29 is 0 Å². The minimum Gasteiger partial charge on any atom is -0.309 e. The summed E-state index contributed by atoms with van der Waals surface area (Å²) in [5, 5.41) is 3.63. The van der Waals surface area contributed by atoms with Crippen molar-refractivity contribution in [2.24, 2.45) is 0 Å². The molecule has 9 rings (SSSR count). The van der Waals surface area contributed by atoms with Crippen LogP contribution in [0.2, 0.25) is 0 Å². The second kappa shape index (κ2) is 8.88. The summed E-state index contributed by atoms with van der Waals surface area (Å²) in [5.74, 6) is 0.917. The summed E-state index contributed by atoms with van der Waals surface area (Å²) in [5.41, 5.74) is 11.0. The molecule has 0 radical (unpaired) electrons. The third-order valence-corrected chi connectivity index (χ3v) is 8.32. The van der Waals surface area contributed by atoms with Crippen LogP contribution in [0, 0.1) is 0 Å². The minimum absolute atomic E-state index is 0.907. The van der Waals surface area contributed by atoms with Crippen LogP contribution in [0.3, 0.4) is 0 Å². The molecule has 4 heterocycles. The zero-order valence-electron chi connectivity index (χ0n) is 22.6. The zero-order valence-corrected chi connectivity index (χ0v) is 22.6. The highest BCUT2D eigenvalue weighted by atomic mass is 15.1. The number of fused-ring (bicyclic) bond motifs is 7. The van der Waals surface area contributed by atoms with Gasteiger partial charge >= 0.3 is 0 Å². The molecule has 0 aliphatic carbocycles. The summed E-state index contributed by atoms with van der Waals surface area (Å²) in [6, 6.07) is 49.5. The van der Waals surface area contributed by atoms with Gasteiger partial charge < -0.3 is 4.57 Å². The molecule has 42 heavy (non-hydrogen) atoms. The molecule has 0 saturated carbocycles. The van der Waals surface area contributed by atoms with Crippen molar-refractivity contribution in [1.29, 1.82) is 0 Å². The van der Waals surface area contributed by atoms with Crippen molar-refractivity contribution in [1.82, 2.24) is 19.1 Å². The third kappa shape index (κ3) is 3.36. The number of rotatable bonds is 3. The molecule has 0 spiro atoms. The van der Waals surface area contributed by atoms with Gasteiger partial charge in [-0.3, -0.25) is 9.55 Å². The highest BCUT2D eigenvalue weighted by Gasteiger charge is 2.21. The maximum Gasteiger partial charge on any atom is 0.147 e. The molecule has 0 fully saturated rings. The predicted molar refractivity (Wildman–Crippen MR) is 173 cm³/mol. The van der Waals surface area contributed by atoms with Crippen molar-refractivity contribution in [3.05, 3.63) is 146 Å². The maximum atomic E-state index is 5.02. The van der Waals surface area contributed by atoms with Gasteiger partial charge in [0.1, 0.15) is 5.82 Å². The van der Waals surface area contributed by atoms with Gasteiger partial charge in [0, 0.05) is 39.3 Å². The Bertz CT molecular complexity index is 2400. The molecule has 0 bridgehead atoms. The average Bonchev–Trinajstić information content (AvgIpc) is 3.59. The van der Waals surface area contributed by atoms with Crippen molar-refractivity contribution >= 4 is 43.7 Å². The highest BCUT2D eigenvalue weighted by molar-refractivity contribution is 6.11. The van der Waals surface area contributed by atoms with Crippen LogP contribution in [0.4, 0.5) is 0 Å². The minimum atomic E-state index is 0.907. The highest BCUT2D eigenvalue weighted by Crippen LogP contribution is 2.39. The van der Waals surface area contributed by atoms with Gasteiger partial charge in [0.25, 0.3) is 0 Å². The molecule has 2 aromatic heterocycles. The lowest BCUT2D eigenvalue weighted by molar-refractivity contribution is 1.07. The molecule has 0 amide bonds. The van der Waals surface area contributed by atoms with E-state index in [1.165, 1.54) is 32.9 Å². The van der Waals surface area contributed by atoms with E-state index in [1.807, 2.05) is 24.4 Å². The van der Waals surface area contributed by atoms with E-state index >= 15 is 0 Å². The molecular weight excluding hydrogens is 512 g/mol. The monoisotopic (exact) mass is 536 g/mol. The van der Waals surface area contributed by atoms with Gasteiger partial charge in [-0.25, -0.2) is 4.98 Å². The predicted octanol–water partition coefficient (Wildman–Crippen LogP) is 9.44. The largest absolute Gasteiger partial charge is 0.309 e. The lowest BCUT2D eigenvalue weighted by Crippen LogP contribution is -2.04. The lowest BCUT2D eigenvalue weighted by Gasteiger charge is -2.17. The summed E-state index contributed by atoms with van der Waals surface area (Å²) in [6.45, 7) is 0. The van der Waals surface area contributed by atoms with Crippen LogP contribution < -0.4 is 0 Å². The maximum absolute atomic E-state index is 5.02. The fourth-order valence-electron chi connectivity index (χ4n) is 6.45. The lowest BCUT2D eigenvalue weighted by atomic mass is 10.0. The summed E-state index contributed by atoms with van der Waals surface area (Å²) < 4.78 is 4.64. The Kier molecular flexibility index (Phi) is 4.87. The van der Waals surface area contributed by atoms with E-state index in [0.29, 0.717) is 0 Å². The van der Waals surface area contributed by atoms with Crippen LogP contribution in [-0.2, 0) is 0 Å². The molecule has 4 nitrogen and oxygen atoms in total. The zero-order chi connectivity index (χ0) is 27.6. The fourth-order valence-corrected chi connectivity index (χ4v) is 6.45. The quantitative estimate of drug-likeness (QED) is 0.225. The number of hydrogen-bond donors (Lipinski definition) is 0. The number of nitrogens with zero attached hydrogens (tertiary/aromatic N) is 4. The number of aromatic nitrogens is 4. The molecule has 196 valence electrons. The Balaban J connectivity index is 1.34. The first-order valence-electron chi connectivity index (χ1n) is 14.2. The number of hydrogen-bond acceptors (Lipinski definition) is 2. The van der Waals surface area contributed by atoms with Crippen LogP contribution in [0.1, 0.15) is 0 Å². The Morgan fingerprint density at radius 3 is 2.12 bits per heavy atom. The van der Waals surface area contributed by atoms with Gasteiger partial charge in [0.2, 0.25) is 0 Å². The normalized spacial score (nSPS) is 11.8. The van der Waals surface area contributed by atoms with Gasteiger partial charge in [-0.15, -0.1) is 0 Å². The molecule has 0 saturated heterocycles. The second-order valence-corrected chi connectivity index (χ2v) is 10.7. The summed E-state index contributed by atoms with van der Waals surface area (Å²) in [6.07, 6.45) is 1.85. The van der Waals surface area contributed by atoms with E-state index < -0.39 is 0 Å². The standard InChI is InChI=1S/C38H24N4/c1-3-10-25(11-4-1)26-17-19-36-31(23-26)30-14-7-8-16-35(30)41(36)29-18-20-34-27(22-29)24-32-37-33(15-9-21-39-37)40-38(32)42(34)28-12-5-2-6-13-28/h1-24H. The van der Waals surface area contributed by atoms with Gasteiger partial charge in [-0.1, -0.05) is 72.8 Å². The van der Waals surface area contributed by atoms with Gasteiger partial charge in [-0.2, -0.15) is 0 Å². The number of benzene rings is 5. The second-order valence-electron chi connectivity index (χ2n) is 10.7. The molecule has 7 aromatic rings. The first-order valence-corrected chi connectivity index (χ1v) is 14.2.